The van der Waals surface area contributed by atoms with Crippen molar-refractivity contribution < 1.29 is 31.4 Å². The number of fused-ring (bicyclic) bond motifs is 2. The molecule has 77 heavy (non-hydrogen) atoms. The topological polar surface area (TPSA) is 344 Å². The van der Waals surface area contributed by atoms with E-state index in [1.165, 1.54) is 48.5 Å². The molecule has 0 amide bonds. The van der Waals surface area contributed by atoms with Crippen LogP contribution < -0.4 is 41.4 Å². The van der Waals surface area contributed by atoms with Gasteiger partial charge >= 0.3 is 0 Å². The summed E-state index contributed by atoms with van der Waals surface area (Å²) in [5.74, 6) is 1.71. The van der Waals surface area contributed by atoms with Crippen LogP contribution in [-0.2, 0) is 20.0 Å². The maximum absolute atomic E-state index is 12.9. The summed E-state index contributed by atoms with van der Waals surface area (Å²) in [5, 5.41) is 37.0. The third kappa shape index (κ3) is 18.9. The Bertz CT molecular complexity index is 3720. The molecule has 25 heteroatoms. The number of nitrogens with two attached hydrogens (primary N) is 3. The number of nitriles is 3. The zero-order valence-corrected chi connectivity index (χ0v) is 44.7. The molecule has 0 aliphatic carbocycles. The van der Waals surface area contributed by atoms with Crippen molar-refractivity contribution in [2.24, 2.45) is 0 Å². The number of ether oxygens (including phenoxy) is 2. The van der Waals surface area contributed by atoms with E-state index >= 15 is 0 Å². The number of rotatable bonds is 12. The lowest BCUT2D eigenvalue weighted by atomic mass is 10.3. The standard InChI is InChI=1S/C22H16ClN5O3S.C14H11ClN4O2S.C8H8N2O.C6H7NO.C2H2BrN/c23-15-5-11-18(12-6-15)32(29,30)28-22-21(26-19-3-1-2-4-20(19)27-22)25-16-7-9-17(10-8-16)31-14-13-24;15-13-14(18-12-4-2-1-3-11(12)17-13)19-22(20,21)10-7-5-9(16)6-8-10;9-5-6-11-8-3-1-7(10)2-4-8;7-5-1-3-6(8)4-2-5;3-1-2-4/h1-12H,14H2,(H,25,26)(H,27,28);1-8H,16H2,(H,18,19);1-4H,6,10H2;1-4,8H,7H2;1H2. The van der Waals surface area contributed by atoms with Crippen LogP contribution in [-0.4, -0.2) is 60.4 Å². The van der Waals surface area contributed by atoms with Crippen LogP contribution in [0.5, 0.6) is 17.2 Å². The number of phenolic OH excluding ortho intramolecular Hbond substituents is 1. The van der Waals surface area contributed by atoms with Crippen LogP contribution in [0.15, 0.2) is 180 Å². The van der Waals surface area contributed by atoms with Crippen LogP contribution in [0.2, 0.25) is 10.2 Å². The first-order valence-corrected chi connectivity index (χ1v) is 26.8. The fourth-order valence-corrected chi connectivity index (χ4v) is 8.26. The first kappa shape index (κ1) is 58.7. The minimum atomic E-state index is -3.93. The highest BCUT2D eigenvalue weighted by Crippen LogP contribution is 2.29. The van der Waals surface area contributed by atoms with E-state index in [2.05, 4.69) is 50.6 Å². The molecule has 0 bridgehead atoms. The Morgan fingerprint density at radius 1 is 0.506 bits per heavy atom. The summed E-state index contributed by atoms with van der Waals surface area (Å²) in [6.07, 6.45) is 0. The van der Waals surface area contributed by atoms with Crippen LogP contribution in [0.25, 0.3) is 22.1 Å². The van der Waals surface area contributed by atoms with Gasteiger partial charge in [0.05, 0.1) is 43.3 Å². The van der Waals surface area contributed by atoms with Gasteiger partial charge in [-0.15, -0.1) is 0 Å². The number of benzene rings is 7. The molecular weight excluding hydrogens is 1130 g/mol. The first-order valence-electron chi connectivity index (χ1n) is 22.0. The largest absolute Gasteiger partial charge is 0.508 e. The summed E-state index contributed by atoms with van der Waals surface area (Å²) in [5.41, 5.74) is 21.0. The lowest BCUT2D eigenvalue weighted by Gasteiger charge is -2.14. The van der Waals surface area contributed by atoms with E-state index < -0.39 is 20.0 Å². The molecule has 0 saturated carbocycles. The number of aromatic nitrogens is 4. The lowest BCUT2D eigenvalue weighted by molar-refractivity contribution is 0.368. The Morgan fingerprint density at radius 3 is 1.30 bits per heavy atom. The number of nitrogens with one attached hydrogen (secondary N) is 3. The van der Waals surface area contributed by atoms with Crippen molar-refractivity contribution in [2.75, 3.05) is 50.5 Å². The second kappa shape index (κ2) is 29.1. The number of alkyl halides is 1. The molecule has 2 aromatic heterocycles. The van der Waals surface area contributed by atoms with Crippen molar-refractivity contribution in [3.05, 3.63) is 180 Å². The predicted octanol–water partition coefficient (Wildman–Crippen LogP) is 10.4. The minimum Gasteiger partial charge on any atom is -0.508 e. The molecule has 20 nitrogen and oxygen atoms in total. The number of sulfonamides is 2. The lowest BCUT2D eigenvalue weighted by Crippen LogP contribution is -2.16. The number of hydrogen-bond acceptors (Lipinski definition) is 18. The number of aromatic hydroxyl groups is 1. The second-order valence-electron chi connectivity index (χ2n) is 15.0. The maximum Gasteiger partial charge on any atom is 0.263 e. The normalized spacial score (nSPS) is 10.3. The molecule has 9 rings (SSSR count). The van der Waals surface area contributed by atoms with E-state index in [0.29, 0.717) is 66.7 Å². The second-order valence-corrected chi connectivity index (χ2v) is 19.7. The minimum absolute atomic E-state index is 0.0160. The molecule has 0 radical (unpaired) electrons. The maximum atomic E-state index is 12.9. The molecule has 0 aliphatic heterocycles. The molecule has 0 aliphatic rings. The highest BCUT2D eigenvalue weighted by Gasteiger charge is 2.20. The van der Waals surface area contributed by atoms with Gasteiger partial charge in [0.1, 0.15) is 29.4 Å². The predicted molar refractivity (Wildman–Crippen MR) is 303 cm³/mol. The Labute approximate surface area is 461 Å². The summed E-state index contributed by atoms with van der Waals surface area (Å²) < 4.78 is 65.5. The van der Waals surface area contributed by atoms with Crippen LogP contribution >= 0.6 is 39.1 Å². The number of nitrogen functional groups attached to an aromatic ring is 3. The number of para-hydroxylation sites is 4. The van der Waals surface area contributed by atoms with E-state index in [9.17, 15) is 16.8 Å². The van der Waals surface area contributed by atoms with E-state index in [0.717, 1.165) is 0 Å². The summed E-state index contributed by atoms with van der Waals surface area (Å²) >= 11 is 14.8. The van der Waals surface area contributed by atoms with Gasteiger partial charge in [-0.3, -0.25) is 9.44 Å². The van der Waals surface area contributed by atoms with E-state index in [-0.39, 0.29) is 51.4 Å². The highest BCUT2D eigenvalue weighted by atomic mass is 79.9. The Morgan fingerprint density at radius 2 is 0.870 bits per heavy atom. The number of phenols is 1. The van der Waals surface area contributed by atoms with Crippen molar-refractivity contribution >= 4 is 121 Å². The van der Waals surface area contributed by atoms with Gasteiger partial charge in [-0.1, -0.05) is 63.4 Å². The van der Waals surface area contributed by atoms with Gasteiger partial charge in [0.25, 0.3) is 20.0 Å². The van der Waals surface area contributed by atoms with Gasteiger partial charge in [-0.25, -0.2) is 36.8 Å². The van der Waals surface area contributed by atoms with Gasteiger partial charge in [-0.05, 0) is 146 Å². The van der Waals surface area contributed by atoms with Crippen molar-refractivity contribution in [2.45, 2.75) is 9.79 Å². The molecule has 0 saturated heterocycles. The Kier molecular flexibility index (Phi) is 22.2. The van der Waals surface area contributed by atoms with Crippen LogP contribution in [0.1, 0.15) is 0 Å². The Balaban J connectivity index is 0.000000208. The van der Waals surface area contributed by atoms with Crippen LogP contribution in [0.3, 0.4) is 0 Å². The zero-order chi connectivity index (χ0) is 55.8. The molecule has 0 spiro atoms. The number of nitrogens with zero attached hydrogens (tertiary/aromatic N) is 7. The average molecular weight is 1180 g/mol. The molecule has 0 atom stereocenters. The number of hydrogen-bond donors (Lipinski definition) is 7. The summed E-state index contributed by atoms with van der Waals surface area (Å²) in [4.78, 5) is 17.4. The molecule has 0 unspecified atom stereocenters. The van der Waals surface area contributed by atoms with E-state index in [4.69, 9.17) is 70.8 Å². The first-order chi connectivity index (χ1) is 36.9. The molecular formula is C52H44BrCl2N13O7S2. The van der Waals surface area contributed by atoms with Gasteiger partial charge in [0.15, 0.2) is 35.8 Å². The van der Waals surface area contributed by atoms with Crippen LogP contribution in [0, 0.1) is 34.0 Å². The quantitative estimate of drug-likeness (QED) is 0.0339. The average Bonchev–Trinajstić information content (AvgIpc) is 3.42. The van der Waals surface area contributed by atoms with Gasteiger partial charge in [-0.2, -0.15) is 15.8 Å². The van der Waals surface area contributed by atoms with Gasteiger partial charge in [0, 0.05) is 27.8 Å². The monoisotopic (exact) mass is 1180 g/mol. The van der Waals surface area contributed by atoms with Crippen LogP contribution in [0.4, 0.5) is 40.2 Å². The van der Waals surface area contributed by atoms with Crippen molar-refractivity contribution in [3.8, 4) is 35.5 Å². The van der Waals surface area contributed by atoms with Crippen molar-refractivity contribution in [3.63, 3.8) is 0 Å². The molecule has 0 fully saturated rings. The summed E-state index contributed by atoms with van der Waals surface area (Å²) in [6, 6.07) is 51.6. The van der Waals surface area contributed by atoms with E-state index in [1.54, 1.807) is 115 Å². The van der Waals surface area contributed by atoms with Crippen molar-refractivity contribution in [1.82, 2.24) is 19.9 Å². The van der Waals surface area contributed by atoms with Crippen molar-refractivity contribution in [1.29, 1.82) is 15.8 Å². The number of halogens is 3. The Hall–Kier alpha value is -9.15. The SMILES string of the molecule is N#CCBr.N#CCOc1ccc(N)cc1.N#CCOc1ccc(Nc2nc3ccccc3nc2NS(=O)(=O)c2ccc(Cl)cc2)cc1.Nc1ccc(O)cc1.Nc1ccc(S(=O)(=O)Nc2nc3ccccc3nc2Cl)cc1. The fourth-order valence-electron chi connectivity index (χ4n) is 5.88. The third-order valence-corrected chi connectivity index (χ3v) is 12.9. The summed E-state index contributed by atoms with van der Waals surface area (Å²) in [7, 11) is -7.75. The smallest absolute Gasteiger partial charge is 0.263 e. The summed E-state index contributed by atoms with van der Waals surface area (Å²) in [6.45, 7) is 0.0173. The fraction of sp³-hybridized carbons (Fsp3) is 0.0577. The molecule has 9 aromatic rings. The molecule has 392 valence electrons. The highest BCUT2D eigenvalue weighted by molar-refractivity contribution is 9.09. The third-order valence-electron chi connectivity index (χ3n) is 9.43. The zero-order valence-electron chi connectivity index (χ0n) is 40.0. The molecule has 2 heterocycles. The van der Waals surface area contributed by atoms with Gasteiger partial charge in [0.2, 0.25) is 0 Å². The van der Waals surface area contributed by atoms with Gasteiger partial charge < -0.3 is 37.1 Å². The van der Waals surface area contributed by atoms with E-state index in [1.807, 2.05) is 24.3 Å². The number of anilines is 7. The molecule has 10 N–H and O–H groups in total. The molecule has 7 aromatic carbocycles.